The molecule has 0 unspecified atom stereocenters. The maximum absolute atomic E-state index is 13.5. The third-order valence-electron chi connectivity index (χ3n) is 6.75. The van der Waals surface area contributed by atoms with Crippen molar-refractivity contribution in [1.29, 1.82) is 0 Å². The lowest BCUT2D eigenvalue weighted by Gasteiger charge is -2.26. The number of hydrazine groups is 1. The molecule has 10 heteroatoms. The highest BCUT2D eigenvalue weighted by Crippen LogP contribution is 2.38. The van der Waals surface area contributed by atoms with Crippen molar-refractivity contribution >= 4 is 46.0 Å². The van der Waals surface area contributed by atoms with Crippen LogP contribution >= 0.6 is 0 Å². The fourth-order valence-corrected chi connectivity index (χ4v) is 4.89. The van der Waals surface area contributed by atoms with Gasteiger partial charge in [-0.3, -0.25) is 30.6 Å². The number of hydrogen-bond donors (Lipinski definition) is 2. The first kappa shape index (κ1) is 27.2. The number of aromatic nitrogens is 1. The van der Waals surface area contributed by atoms with Crippen LogP contribution in [0.15, 0.2) is 78.9 Å². The molecular formula is C31H26N4O6. The molecule has 2 amide bonds. The van der Waals surface area contributed by atoms with Gasteiger partial charge < -0.3 is 4.74 Å². The monoisotopic (exact) mass is 550 g/mol. The number of benzene rings is 3. The summed E-state index contributed by atoms with van der Waals surface area (Å²) in [4.78, 5) is 53.3. The summed E-state index contributed by atoms with van der Waals surface area (Å²) in [5.74, 6) is -1.84. The van der Waals surface area contributed by atoms with E-state index in [-0.39, 0.29) is 17.2 Å². The van der Waals surface area contributed by atoms with E-state index in [1.165, 1.54) is 24.3 Å². The molecule has 0 aliphatic heterocycles. The van der Waals surface area contributed by atoms with Gasteiger partial charge in [0.25, 0.3) is 17.5 Å². The predicted molar refractivity (Wildman–Crippen MR) is 153 cm³/mol. The first-order chi connectivity index (χ1) is 19.8. The number of nitrogens with one attached hydrogen (secondary N) is 2. The van der Waals surface area contributed by atoms with Crippen LogP contribution in [0.4, 0.5) is 5.69 Å². The molecule has 1 aliphatic carbocycles. The number of amides is 2. The van der Waals surface area contributed by atoms with Crippen molar-refractivity contribution in [2.45, 2.75) is 19.8 Å². The molecule has 2 N–H and O–H groups in total. The largest absolute Gasteiger partial charge is 0.452 e. The quantitative estimate of drug-likeness (QED) is 0.198. The zero-order valence-corrected chi connectivity index (χ0v) is 22.1. The van der Waals surface area contributed by atoms with Crippen LogP contribution in [-0.2, 0) is 16.0 Å². The summed E-state index contributed by atoms with van der Waals surface area (Å²) in [6, 6.07) is 22.1. The summed E-state index contributed by atoms with van der Waals surface area (Å²) in [6.07, 6.45) is 3.52. The molecule has 1 aliphatic rings. The number of non-ortho nitro benzene ring substituents is 1. The number of ether oxygens (including phenoxy) is 1. The third-order valence-corrected chi connectivity index (χ3v) is 6.75. The number of hydrogen-bond acceptors (Lipinski definition) is 7. The van der Waals surface area contributed by atoms with E-state index in [1.54, 1.807) is 0 Å². The molecule has 0 spiro atoms. The van der Waals surface area contributed by atoms with Crippen molar-refractivity contribution in [2.24, 2.45) is 5.92 Å². The number of para-hydroxylation sites is 1. The van der Waals surface area contributed by atoms with E-state index >= 15 is 0 Å². The van der Waals surface area contributed by atoms with Crippen LogP contribution < -0.4 is 10.9 Å². The van der Waals surface area contributed by atoms with Crippen molar-refractivity contribution in [1.82, 2.24) is 15.8 Å². The first-order valence-electron chi connectivity index (χ1n) is 13.0. The molecule has 0 radical (unpaired) electrons. The molecule has 41 heavy (non-hydrogen) atoms. The average Bonchev–Trinajstić information content (AvgIpc) is 2.98. The second-order valence-electron chi connectivity index (χ2n) is 9.81. The van der Waals surface area contributed by atoms with Gasteiger partial charge in [0.05, 0.1) is 21.7 Å². The molecule has 5 rings (SSSR count). The summed E-state index contributed by atoms with van der Waals surface area (Å²) in [6.45, 7) is 1.49. The number of rotatable bonds is 6. The van der Waals surface area contributed by atoms with E-state index < -0.39 is 29.3 Å². The molecule has 1 heterocycles. The van der Waals surface area contributed by atoms with Crippen LogP contribution in [0.2, 0.25) is 0 Å². The Morgan fingerprint density at radius 2 is 1.68 bits per heavy atom. The molecule has 0 saturated heterocycles. The Labute approximate surface area is 235 Å². The number of nitro benzene ring substituents is 1. The van der Waals surface area contributed by atoms with Crippen LogP contribution in [-0.4, -0.2) is 34.3 Å². The van der Waals surface area contributed by atoms with E-state index in [0.29, 0.717) is 22.9 Å². The number of nitrogens with zero attached hydrogens (tertiary/aromatic N) is 2. The number of nitro groups is 1. The minimum absolute atomic E-state index is 0.108. The summed E-state index contributed by atoms with van der Waals surface area (Å²) < 4.78 is 5.41. The van der Waals surface area contributed by atoms with Crippen molar-refractivity contribution in [3.63, 3.8) is 0 Å². The molecular weight excluding hydrogens is 524 g/mol. The number of carbonyl (C=O) groups is 3. The Balaban J connectivity index is 1.34. The maximum Gasteiger partial charge on any atom is 0.339 e. The van der Waals surface area contributed by atoms with Crippen LogP contribution in [0.3, 0.4) is 0 Å². The number of fused-ring (bicyclic) bond motifs is 2. The summed E-state index contributed by atoms with van der Waals surface area (Å²) in [7, 11) is 0. The molecule has 0 bridgehead atoms. The second kappa shape index (κ2) is 11.8. The highest BCUT2D eigenvalue weighted by molar-refractivity contribution is 6.07. The van der Waals surface area contributed by atoms with Crippen LogP contribution in [0.25, 0.3) is 22.6 Å². The van der Waals surface area contributed by atoms with Gasteiger partial charge in [-0.1, -0.05) is 55.5 Å². The molecule has 1 aromatic heterocycles. The van der Waals surface area contributed by atoms with Crippen molar-refractivity contribution in [2.75, 3.05) is 6.61 Å². The molecule has 3 aromatic carbocycles. The minimum Gasteiger partial charge on any atom is -0.452 e. The first-order valence-corrected chi connectivity index (χ1v) is 13.0. The Morgan fingerprint density at radius 1 is 0.976 bits per heavy atom. The van der Waals surface area contributed by atoms with E-state index in [2.05, 4.69) is 23.9 Å². The lowest BCUT2D eigenvalue weighted by molar-refractivity contribution is -0.384. The summed E-state index contributed by atoms with van der Waals surface area (Å²) >= 11 is 0. The lowest BCUT2D eigenvalue weighted by atomic mass is 9.80. The zero-order chi connectivity index (χ0) is 28.9. The maximum atomic E-state index is 13.5. The normalized spacial score (nSPS) is 15.1. The summed E-state index contributed by atoms with van der Waals surface area (Å²) in [5.41, 5.74) is 8.95. The molecule has 0 saturated carbocycles. The highest BCUT2D eigenvalue weighted by Gasteiger charge is 2.29. The molecule has 4 aromatic rings. The highest BCUT2D eigenvalue weighted by atomic mass is 16.6. The second-order valence-corrected chi connectivity index (χ2v) is 9.81. The number of carbonyl (C=O) groups excluding carboxylic acids is 3. The van der Waals surface area contributed by atoms with Gasteiger partial charge >= 0.3 is 5.97 Å². The Bertz CT molecular complexity index is 1680. The molecule has 206 valence electrons. The van der Waals surface area contributed by atoms with Crippen molar-refractivity contribution in [3.8, 4) is 0 Å². The number of pyridine rings is 1. The SMILES string of the molecule is C[C@@H]1C/C(=C/c2ccccc2)c2nc3ccccc3c(C(=O)OCC(=O)NNC(=O)c3ccc([N+](=O)[O-])cc3)c2C1. The van der Waals surface area contributed by atoms with E-state index in [4.69, 9.17) is 9.72 Å². The fourth-order valence-electron chi connectivity index (χ4n) is 4.89. The van der Waals surface area contributed by atoms with Crippen LogP contribution in [0.5, 0.6) is 0 Å². The van der Waals surface area contributed by atoms with Gasteiger partial charge in [0.15, 0.2) is 6.61 Å². The summed E-state index contributed by atoms with van der Waals surface area (Å²) in [5, 5.41) is 11.4. The van der Waals surface area contributed by atoms with E-state index in [9.17, 15) is 24.5 Å². The topological polar surface area (TPSA) is 141 Å². The Kier molecular flexibility index (Phi) is 7.82. The average molecular weight is 551 g/mol. The lowest BCUT2D eigenvalue weighted by Crippen LogP contribution is -2.43. The van der Waals surface area contributed by atoms with Crippen LogP contribution in [0.1, 0.15) is 50.9 Å². The van der Waals surface area contributed by atoms with E-state index in [1.807, 2.05) is 54.6 Å². The van der Waals surface area contributed by atoms with Gasteiger partial charge in [0, 0.05) is 23.1 Å². The zero-order valence-electron chi connectivity index (χ0n) is 22.1. The van der Waals surface area contributed by atoms with Crippen molar-refractivity contribution in [3.05, 3.63) is 117 Å². The molecule has 1 atom stereocenters. The smallest absolute Gasteiger partial charge is 0.339 e. The van der Waals surface area contributed by atoms with E-state index in [0.717, 1.165) is 28.8 Å². The number of esters is 1. The van der Waals surface area contributed by atoms with Gasteiger partial charge in [0.1, 0.15) is 0 Å². The number of allylic oxidation sites excluding steroid dienone is 1. The van der Waals surface area contributed by atoms with Gasteiger partial charge in [-0.05, 0) is 59.7 Å². The van der Waals surface area contributed by atoms with Gasteiger partial charge in [-0.2, -0.15) is 0 Å². The standard InChI is InChI=1S/C31H26N4O6/c1-19-15-22(17-20-7-3-2-4-8-20)29-25(16-19)28(24-9-5-6-10-26(24)32-29)31(38)41-18-27(36)33-34-30(37)21-11-13-23(14-12-21)35(39)40/h2-14,17,19H,15-16,18H2,1H3,(H,33,36)(H,34,37)/b22-17-/t19-/m1/s1. The Morgan fingerprint density at radius 3 is 2.41 bits per heavy atom. The van der Waals surface area contributed by atoms with Gasteiger partial charge in [-0.15, -0.1) is 0 Å². The predicted octanol–water partition coefficient (Wildman–Crippen LogP) is 4.88. The van der Waals surface area contributed by atoms with Crippen molar-refractivity contribution < 1.29 is 24.0 Å². The molecule has 10 nitrogen and oxygen atoms in total. The van der Waals surface area contributed by atoms with Gasteiger partial charge in [-0.25, -0.2) is 9.78 Å². The Hall–Kier alpha value is -5.38. The third kappa shape index (κ3) is 6.11. The van der Waals surface area contributed by atoms with Gasteiger partial charge in [0.2, 0.25) is 0 Å². The minimum atomic E-state index is -0.751. The van der Waals surface area contributed by atoms with Crippen LogP contribution in [0, 0.1) is 16.0 Å². The molecule has 0 fully saturated rings. The fraction of sp³-hybridized carbons (Fsp3) is 0.161.